The highest BCUT2D eigenvalue weighted by molar-refractivity contribution is 7.15. The van der Waals surface area contributed by atoms with Crippen LogP contribution in [0.3, 0.4) is 0 Å². The second-order valence-electron chi connectivity index (χ2n) is 7.19. The molecule has 4 aromatic rings. The summed E-state index contributed by atoms with van der Waals surface area (Å²) in [7, 11) is 0. The lowest BCUT2D eigenvalue weighted by Gasteiger charge is -2.11. The number of furan rings is 1. The van der Waals surface area contributed by atoms with E-state index in [9.17, 15) is 19.2 Å². The minimum Gasteiger partial charge on any atom is -0.467 e. The highest BCUT2D eigenvalue weighted by Crippen LogP contribution is 2.26. The number of rotatable bonds is 5. The van der Waals surface area contributed by atoms with Crippen molar-refractivity contribution in [2.45, 2.75) is 20.1 Å². The molecule has 32 heavy (non-hydrogen) atoms. The Morgan fingerprint density at radius 1 is 1.12 bits per heavy atom. The van der Waals surface area contributed by atoms with Crippen LogP contribution in [0.5, 0.6) is 0 Å². The third kappa shape index (κ3) is 3.30. The first kappa shape index (κ1) is 19.9. The normalized spacial score (nSPS) is 13.1. The van der Waals surface area contributed by atoms with Crippen LogP contribution in [0.25, 0.3) is 4.96 Å². The van der Waals surface area contributed by atoms with Crippen LogP contribution < -0.4 is 5.56 Å². The van der Waals surface area contributed by atoms with Gasteiger partial charge in [-0.3, -0.25) is 23.7 Å². The number of carbonyl (C=O) groups excluding carboxylic acids is 3. The Balaban J connectivity index is 1.33. The van der Waals surface area contributed by atoms with E-state index in [1.807, 2.05) is 12.3 Å². The number of nitrogens with zero attached hydrogens (tertiary/aromatic N) is 3. The summed E-state index contributed by atoms with van der Waals surface area (Å²) in [5.41, 5.74) is 1.31. The number of hydrogen-bond donors (Lipinski definition) is 0. The van der Waals surface area contributed by atoms with Crippen molar-refractivity contribution in [2.75, 3.05) is 0 Å². The van der Waals surface area contributed by atoms with E-state index in [4.69, 9.17) is 9.15 Å². The van der Waals surface area contributed by atoms with Crippen molar-refractivity contribution in [1.82, 2.24) is 14.3 Å². The van der Waals surface area contributed by atoms with Gasteiger partial charge in [-0.2, -0.15) is 0 Å². The number of ether oxygens (including phenoxy) is 1. The van der Waals surface area contributed by atoms with Crippen LogP contribution >= 0.6 is 11.3 Å². The summed E-state index contributed by atoms with van der Waals surface area (Å²) in [6, 6.07) is 8.85. The number of carbonyl (C=O) groups is 3. The van der Waals surface area contributed by atoms with E-state index in [1.165, 1.54) is 46.3 Å². The van der Waals surface area contributed by atoms with Gasteiger partial charge in [-0.25, -0.2) is 9.78 Å². The molecule has 0 aliphatic carbocycles. The van der Waals surface area contributed by atoms with Gasteiger partial charge in [0.1, 0.15) is 12.4 Å². The van der Waals surface area contributed by atoms with Gasteiger partial charge in [0.25, 0.3) is 17.4 Å². The molecule has 4 heterocycles. The maximum absolute atomic E-state index is 12.7. The lowest BCUT2D eigenvalue weighted by molar-refractivity contribution is 0.0467. The van der Waals surface area contributed by atoms with Gasteiger partial charge in [0.15, 0.2) is 4.96 Å². The third-order valence-electron chi connectivity index (χ3n) is 5.08. The number of fused-ring (bicyclic) bond motifs is 2. The summed E-state index contributed by atoms with van der Waals surface area (Å²) < 4.78 is 12.0. The average molecular weight is 449 g/mol. The van der Waals surface area contributed by atoms with Crippen LogP contribution in [0, 0.1) is 6.92 Å². The lowest BCUT2D eigenvalue weighted by atomic mass is 10.1. The fourth-order valence-corrected chi connectivity index (χ4v) is 4.41. The van der Waals surface area contributed by atoms with Crippen LogP contribution in [-0.2, 0) is 17.9 Å². The molecule has 10 heteroatoms. The first-order valence-corrected chi connectivity index (χ1v) is 10.5. The average Bonchev–Trinajstić information content (AvgIpc) is 3.49. The van der Waals surface area contributed by atoms with E-state index in [2.05, 4.69) is 4.98 Å². The quantitative estimate of drug-likeness (QED) is 0.340. The number of imide groups is 1. The molecule has 0 bridgehead atoms. The monoisotopic (exact) mass is 449 g/mol. The molecule has 1 aliphatic heterocycles. The molecule has 0 spiro atoms. The zero-order chi connectivity index (χ0) is 22.4. The van der Waals surface area contributed by atoms with Crippen molar-refractivity contribution in [3.05, 3.63) is 92.2 Å². The van der Waals surface area contributed by atoms with E-state index >= 15 is 0 Å². The van der Waals surface area contributed by atoms with Crippen LogP contribution in [0.2, 0.25) is 0 Å². The highest BCUT2D eigenvalue weighted by Gasteiger charge is 2.36. The van der Waals surface area contributed by atoms with Gasteiger partial charge < -0.3 is 9.15 Å². The maximum atomic E-state index is 12.7. The van der Waals surface area contributed by atoms with E-state index < -0.39 is 17.8 Å². The number of amides is 2. The Labute approximate surface area is 184 Å². The molecule has 0 atom stereocenters. The first-order valence-electron chi connectivity index (χ1n) is 9.59. The van der Waals surface area contributed by atoms with Crippen molar-refractivity contribution < 1.29 is 23.5 Å². The van der Waals surface area contributed by atoms with Crippen molar-refractivity contribution in [2.24, 2.45) is 0 Å². The summed E-state index contributed by atoms with van der Waals surface area (Å²) in [5.74, 6) is -1.18. The molecule has 0 N–H and O–H groups in total. The Bertz CT molecular complexity index is 1450. The predicted molar refractivity (Wildman–Crippen MR) is 113 cm³/mol. The molecule has 0 saturated heterocycles. The van der Waals surface area contributed by atoms with Crippen LogP contribution in [-0.4, -0.2) is 32.1 Å². The molecule has 5 rings (SSSR count). The summed E-state index contributed by atoms with van der Waals surface area (Å²) in [6.07, 6.45) is 1.46. The predicted octanol–water partition coefficient (Wildman–Crippen LogP) is 2.81. The minimum atomic E-state index is -0.693. The molecule has 1 aromatic carbocycles. The fraction of sp³-hybridized carbons (Fsp3) is 0.136. The largest absolute Gasteiger partial charge is 0.467 e. The molecule has 0 unspecified atom stereocenters. The van der Waals surface area contributed by atoms with E-state index in [-0.39, 0.29) is 35.4 Å². The zero-order valence-electron chi connectivity index (χ0n) is 16.7. The number of hydrogen-bond acceptors (Lipinski definition) is 8. The summed E-state index contributed by atoms with van der Waals surface area (Å²) in [4.78, 5) is 56.0. The van der Waals surface area contributed by atoms with Gasteiger partial charge in [0.05, 0.1) is 35.2 Å². The van der Waals surface area contributed by atoms with Gasteiger partial charge in [-0.1, -0.05) is 0 Å². The molecular formula is C22H15N3O6S. The molecular weight excluding hydrogens is 434 g/mol. The standard InChI is InChI=1S/C22H15N3O6S/c1-12-11-32-22-23-14(8-18(26)25(12)22)10-31-21(29)13-4-5-16-17(7-13)20(28)24(19(16)27)9-15-3-2-6-30-15/h2-8,11H,9-10H2,1H3. The van der Waals surface area contributed by atoms with Crippen molar-refractivity contribution in [3.8, 4) is 0 Å². The molecule has 160 valence electrons. The molecule has 3 aromatic heterocycles. The molecule has 0 fully saturated rings. The summed E-state index contributed by atoms with van der Waals surface area (Å²) in [6.45, 7) is 1.61. The van der Waals surface area contributed by atoms with Crippen molar-refractivity contribution >= 4 is 34.1 Å². The van der Waals surface area contributed by atoms with Gasteiger partial charge >= 0.3 is 5.97 Å². The van der Waals surface area contributed by atoms with Gasteiger partial charge in [-0.15, -0.1) is 11.3 Å². The second-order valence-corrected chi connectivity index (χ2v) is 8.03. The number of aryl methyl sites for hydroxylation is 1. The Kier molecular flexibility index (Phi) is 4.71. The fourth-order valence-electron chi connectivity index (χ4n) is 3.52. The summed E-state index contributed by atoms with van der Waals surface area (Å²) >= 11 is 1.32. The van der Waals surface area contributed by atoms with E-state index in [1.54, 1.807) is 12.1 Å². The Morgan fingerprint density at radius 2 is 1.94 bits per heavy atom. The Morgan fingerprint density at radius 3 is 2.72 bits per heavy atom. The van der Waals surface area contributed by atoms with Crippen molar-refractivity contribution in [3.63, 3.8) is 0 Å². The molecule has 9 nitrogen and oxygen atoms in total. The SMILES string of the molecule is Cc1csc2nc(COC(=O)c3ccc4c(c3)C(=O)N(Cc3ccco3)C4=O)cc(=O)n12. The summed E-state index contributed by atoms with van der Waals surface area (Å²) in [5, 5.41) is 1.82. The molecule has 1 aliphatic rings. The van der Waals surface area contributed by atoms with E-state index in [0.29, 0.717) is 16.4 Å². The van der Waals surface area contributed by atoms with Crippen LogP contribution in [0.1, 0.15) is 48.2 Å². The molecule has 2 amide bonds. The van der Waals surface area contributed by atoms with E-state index in [0.717, 1.165) is 10.6 Å². The smallest absolute Gasteiger partial charge is 0.338 e. The maximum Gasteiger partial charge on any atom is 0.338 e. The minimum absolute atomic E-state index is 0.00497. The first-order chi connectivity index (χ1) is 15.4. The lowest BCUT2D eigenvalue weighted by Crippen LogP contribution is -2.28. The topological polar surface area (TPSA) is 111 Å². The van der Waals surface area contributed by atoms with Crippen molar-refractivity contribution in [1.29, 1.82) is 0 Å². The highest BCUT2D eigenvalue weighted by atomic mass is 32.1. The zero-order valence-corrected chi connectivity index (χ0v) is 17.5. The second kappa shape index (κ2) is 7.57. The number of thiazole rings is 1. The number of esters is 1. The van der Waals surface area contributed by atoms with Crippen LogP contribution in [0.4, 0.5) is 0 Å². The van der Waals surface area contributed by atoms with Crippen LogP contribution in [0.15, 0.2) is 57.3 Å². The Hall–Kier alpha value is -4.05. The van der Waals surface area contributed by atoms with Gasteiger partial charge in [0.2, 0.25) is 0 Å². The molecule has 0 saturated carbocycles. The van der Waals surface area contributed by atoms with Gasteiger partial charge in [0, 0.05) is 17.1 Å². The number of aromatic nitrogens is 2. The molecule has 0 radical (unpaired) electrons. The number of benzene rings is 1. The third-order valence-corrected chi connectivity index (χ3v) is 6.02. The van der Waals surface area contributed by atoms with Gasteiger partial charge in [-0.05, 0) is 37.3 Å².